The van der Waals surface area contributed by atoms with Crippen molar-refractivity contribution >= 4 is 17.6 Å². The van der Waals surface area contributed by atoms with Gasteiger partial charge in [0.05, 0.1) is 6.26 Å². The molecule has 2 atom stereocenters. The van der Waals surface area contributed by atoms with Gasteiger partial charge in [0.1, 0.15) is 17.3 Å². The van der Waals surface area contributed by atoms with Gasteiger partial charge in [-0.2, -0.15) is 5.10 Å². The minimum atomic E-state index is -0.682. The second-order valence-electron chi connectivity index (χ2n) is 8.29. The summed E-state index contributed by atoms with van der Waals surface area (Å²) in [6, 6.07) is 22.2. The summed E-state index contributed by atoms with van der Waals surface area (Å²) in [5.41, 5.74) is 2.61. The Morgan fingerprint density at radius 3 is 2.69 bits per heavy atom. The molecule has 1 aliphatic rings. The molecule has 5 rings (SSSR count). The maximum absolute atomic E-state index is 12.7. The maximum Gasteiger partial charge on any atom is 0.263 e. The predicted octanol–water partition coefficient (Wildman–Crippen LogP) is 3.78. The summed E-state index contributed by atoms with van der Waals surface area (Å²) in [7, 11) is 0. The van der Waals surface area contributed by atoms with Gasteiger partial charge in [-0.05, 0) is 36.8 Å². The van der Waals surface area contributed by atoms with Crippen LogP contribution in [0.3, 0.4) is 0 Å². The van der Waals surface area contributed by atoms with Crippen LogP contribution >= 0.6 is 0 Å². The number of rotatable bonds is 7. The third-order valence-corrected chi connectivity index (χ3v) is 5.66. The molecule has 3 N–H and O–H groups in total. The Hall–Kier alpha value is -4.37. The fraction of sp³-hybridized carbons (Fsp3) is 0.192. The standard InChI is InChI=1S/C26H25N5O4/c1-17-9-11-19(12-10-17)35-16-25(33)28-23-14-21(22-8-5-13-34-22)30-31(23)26-27-20(15-24(32)29-26)18-6-3-2-4-7-18/h2-14,20,26-27H,15-16H2,1H3,(H,28,33)(H,29,32). The van der Waals surface area contributed by atoms with Crippen molar-refractivity contribution in [2.75, 3.05) is 11.9 Å². The fourth-order valence-electron chi connectivity index (χ4n) is 3.91. The topological polar surface area (TPSA) is 110 Å². The van der Waals surface area contributed by atoms with Gasteiger partial charge in [-0.15, -0.1) is 0 Å². The quantitative estimate of drug-likeness (QED) is 0.378. The van der Waals surface area contributed by atoms with E-state index < -0.39 is 6.29 Å². The summed E-state index contributed by atoms with van der Waals surface area (Å²) in [6.45, 7) is 1.80. The van der Waals surface area contributed by atoms with Crippen LogP contribution in [0.15, 0.2) is 83.5 Å². The summed E-state index contributed by atoms with van der Waals surface area (Å²) in [6.07, 6.45) is 1.16. The molecule has 2 aromatic heterocycles. The number of aromatic nitrogens is 2. The van der Waals surface area contributed by atoms with Crippen molar-refractivity contribution in [2.45, 2.75) is 25.7 Å². The Kier molecular flexibility index (Phi) is 6.32. The number of anilines is 1. The largest absolute Gasteiger partial charge is 0.484 e. The third kappa shape index (κ3) is 5.25. The van der Waals surface area contributed by atoms with Crippen LogP contribution in [-0.4, -0.2) is 28.2 Å². The van der Waals surface area contributed by atoms with Gasteiger partial charge in [-0.25, -0.2) is 4.68 Å². The molecule has 2 amide bonds. The lowest BCUT2D eigenvalue weighted by Crippen LogP contribution is -2.50. The number of aryl methyl sites for hydroxylation is 1. The highest BCUT2D eigenvalue weighted by Crippen LogP contribution is 2.28. The lowest BCUT2D eigenvalue weighted by atomic mass is 10.0. The summed E-state index contributed by atoms with van der Waals surface area (Å²) in [5, 5.41) is 13.8. The number of ether oxygens (including phenoxy) is 1. The SMILES string of the molecule is Cc1ccc(OCC(=O)Nc2cc(-c3ccco3)nn2C2NC(=O)CC(c3ccccc3)N2)cc1. The van der Waals surface area contributed by atoms with E-state index in [0.717, 1.165) is 11.1 Å². The molecule has 4 aromatic rings. The average Bonchev–Trinajstić information content (AvgIpc) is 3.54. The first-order valence-electron chi connectivity index (χ1n) is 11.3. The minimum absolute atomic E-state index is 0.127. The molecule has 178 valence electrons. The van der Waals surface area contributed by atoms with Crippen molar-refractivity contribution < 1.29 is 18.7 Å². The van der Waals surface area contributed by atoms with E-state index in [-0.39, 0.29) is 24.5 Å². The first-order valence-corrected chi connectivity index (χ1v) is 11.3. The molecule has 1 aliphatic heterocycles. The van der Waals surface area contributed by atoms with Crippen molar-refractivity contribution in [1.82, 2.24) is 20.4 Å². The zero-order valence-electron chi connectivity index (χ0n) is 19.1. The first kappa shape index (κ1) is 22.4. The monoisotopic (exact) mass is 471 g/mol. The number of furan rings is 1. The Labute approximate surface area is 202 Å². The van der Waals surface area contributed by atoms with Crippen molar-refractivity contribution in [3.05, 3.63) is 90.2 Å². The van der Waals surface area contributed by atoms with Gasteiger partial charge >= 0.3 is 0 Å². The van der Waals surface area contributed by atoms with Crippen LogP contribution in [0.1, 0.15) is 29.9 Å². The number of hydrogen-bond acceptors (Lipinski definition) is 6. The molecule has 1 fully saturated rings. The molecule has 0 spiro atoms. The van der Waals surface area contributed by atoms with E-state index in [1.165, 1.54) is 4.68 Å². The molecule has 2 aromatic carbocycles. The van der Waals surface area contributed by atoms with Crippen LogP contribution < -0.4 is 20.7 Å². The van der Waals surface area contributed by atoms with E-state index in [1.807, 2.05) is 61.5 Å². The van der Waals surface area contributed by atoms with E-state index in [2.05, 4.69) is 21.0 Å². The summed E-state index contributed by atoms with van der Waals surface area (Å²) >= 11 is 0. The Bertz CT molecular complexity index is 1300. The molecule has 0 saturated carbocycles. The number of nitrogens with one attached hydrogen (secondary N) is 3. The van der Waals surface area contributed by atoms with Crippen molar-refractivity contribution in [3.8, 4) is 17.2 Å². The summed E-state index contributed by atoms with van der Waals surface area (Å²) in [4.78, 5) is 25.3. The minimum Gasteiger partial charge on any atom is -0.484 e. The van der Waals surface area contributed by atoms with Crippen LogP contribution in [0.4, 0.5) is 5.82 Å². The Morgan fingerprint density at radius 2 is 1.94 bits per heavy atom. The van der Waals surface area contributed by atoms with E-state index >= 15 is 0 Å². The molecule has 9 nitrogen and oxygen atoms in total. The van der Waals surface area contributed by atoms with E-state index in [4.69, 9.17) is 9.15 Å². The van der Waals surface area contributed by atoms with Crippen molar-refractivity contribution in [1.29, 1.82) is 0 Å². The van der Waals surface area contributed by atoms with Crippen molar-refractivity contribution in [2.24, 2.45) is 0 Å². The van der Waals surface area contributed by atoms with E-state index in [0.29, 0.717) is 29.4 Å². The molecule has 35 heavy (non-hydrogen) atoms. The maximum atomic E-state index is 12.7. The Balaban J connectivity index is 1.37. The lowest BCUT2D eigenvalue weighted by molar-refractivity contribution is -0.125. The first-order chi connectivity index (χ1) is 17.0. The smallest absolute Gasteiger partial charge is 0.263 e. The molecule has 0 bridgehead atoms. The second kappa shape index (κ2) is 9.86. The Morgan fingerprint density at radius 1 is 1.14 bits per heavy atom. The number of carbonyl (C=O) groups is 2. The predicted molar refractivity (Wildman–Crippen MR) is 129 cm³/mol. The highest BCUT2D eigenvalue weighted by atomic mass is 16.5. The van der Waals surface area contributed by atoms with Gasteiger partial charge in [0.2, 0.25) is 5.91 Å². The number of nitrogens with zero attached hydrogens (tertiary/aromatic N) is 2. The van der Waals surface area contributed by atoms with E-state index in [9.17, 15) is 9.59 Å². The highest BCUT2D eigenvalue weighted by Gasteiger charge is 2.30. The van der Waals surface area contributed by atoms with Crippen LogP contribution in [-0.2, 0) is 9.59 Å². The van der Waals surface area contributed by atoms with Crippen LogP contribution in [0.25, 0.3) is 11.5 Å². The van der Waals surface area contributed by atoms with Gasteiger partial charge in [0.15, 0.2) is 18.7 Å². The number of carbonyl (C=O) groups excluding carboxylic acids is 2. The average molecular weight is 472 g/mol. The molecule has 1 saturated heterocycles. The molecule has 0 radical (unpaired) electrons. The van der Waals surface area contributed by atoms with Gasteiger partial charge in [0, 0.05) is 18.5 Å². The highest BCUT2D eigenvalue weighted by molar-refractivity contribution is 5.91. The zero-order chi connectivity index (χ0) is 24.2. The van der Waals surface area contributed by atoms with Gasteiger partial charge in [0.25, 0.3) is 5.91 Å². The summed E-state index contributed by atoms with van der Waals surface area (Å²) < 4.78 is 12.6. The molecular formula is C26H25N5O4. The number of hydrogen-bond donors (Lipinski definition) is 3. The fourth-order valence-corrected chi connectivity index (χ4v) is 3.91. The molecular weight excluding hydrogens is 446 g/mol. The molecule has 2 unspecified atom stereocenters. The second-order valence-corrected chi connectivity index (χ2v) is 8.29. The van der Waals surface area contributed by atoms with Gasteiger partial charge in [-0.3, -0.25) is 14.9 Å². The zero-order valence-corrected chi connectivity index (χ0v) is 19.1. The van der Waals surface area contributed by atoms with Crippen LogP contribution in [0.5, 0.6) is 5.75 Å². The van der Waals surface area contributed by atoms with Crippen LogP contribution in [0.2, 0.25) is 0 Å². The van der Waals surface area contributed by atoms with Crippen LogP contribution in [0, 0.1) is 6.92 Å². The molecule has 3 heterocycles. The summed E-state index contributed by atoms with van der Waals surface area (Å²) in [5.74, 6) is 1.04. The normalized spacial score (nSPS) is 17.6. The number of amides is 2. The lowest BCUT2D eigenvalue weighted by Gasteiger charge is -2.32. The van der Waals surface area contributed by atoms with Crippen molar-refractivity contribution in [3.63, 3.8) is 0 Å². The van der Waals surface area contributed by atoms with Gasteiger partial charge < -0.3 is 19.8 Å². The third-order valence-electron chi connectivity index (χ3n) is 5.66. The molecule has 0 aliphatic carbocycles. The van der Waals surface area contributed by atoms with Gasteiger partial charge in [-0.1, -0.05) is 48.0 Å². The van der Waals surface area contributed by atoms with E-state index in [1.54, 1.807) is 24.5 Å². The molecule has 9 heteroatoms. The number of benzene rings is 2.